The number of nitrogens with one attached hydrogen (secondary N) is 1. The van der Waals surface area contributed by atoms with Gasteiger partial charge in [0.2, 0.25) is 0 Å². The summed E-state index contributed by atoms with van der Waals surface area (Å²) in [7, 11) is 3.33. The molecule has 0 saturated carbocycles. The number of ether oxygens (including phenoxy) is 1. The van der Waals surface area contributed by atoms with E-state index in [0.29, 0.717) is 5.75 Å². The summed E-state index contributed by atoms with van der Waals surface area (Å²) in [5.41, 5.74) is 2.63. The van der Waals surface area contributed by atoms with Crippen molar-refractivity contribution < 1.29 is 9.66 Å². The largest absolute Gasteiger partial charge is 0.490 e. The third-order valence-corrected chi connectivity index (χ3v) is 6.20. The van der Waals surface area contributed by atoms with E-state index >= 15 is 0 Å². The van der Waals surface area contributed by atoms with Gasteiger partial charge in [0.1, 0.15) is 0 Å². The Bertz CT molecular complexity index is 891. The molecule has 0 amide bonds. The van der Waals surface area contributed by atoms with Gasteiger partial charge in [-0.15, -0.1) is 12.4 Å². The molecule has 0 unspecified atom stereocenters. The highest BCUT2D eigenvalue weighted by molar-refractivity contribution is 5.85. The Morgan fingerprint density at radius 3 is 2.52 bits per heavy atom. The predicted molar refractivity (Wildman–Crippen MR) is 123 cm³/mol. The van der Waals surface area contributed by atoms with Gasteiger partial charge in [-0.05, 0) is 31.8 Å². The van der Waals surface area contributed by atoms with Crippen molar-refractivity contribution in [1.29, 1.82) is 0 Å². The topological polar surface area (TPSA) is 88.7 Å². The normalized spacial score (nSPS) is 17.9. The molecule has 0 atom stereocenters. The van der Waals surface area contributed by atoms with E-state index in [-0.39, 0.29) is 23.0 Å². The molecule has 1 aromatic carbocycles. The highest BCUT2D eigenvalue weighted by Crippen LogP contribution is 2.40. The van der Waals surface area contributed by atoms with Crippen molar-refractivity contribution in [3.05, 3.63) is 34.6 Å². The van der Waals surface area contributed by atoms with E-state index in [0.717, 1.165) is 68.5 Å². The van der Waals surface area contributed by atoms with Crippen LogP contribution in [0.3, 0.4) is 0 Å². The summed E-state index contributed by atoms with van der Waals surface area (Å²) in [5.74, 6) is 1.07. The third-order valence-electron chi connectivity index (χ3n) is 6.20. The van der Waals surface area contributed by atoms with E-state index in [1.165, 1.54) is 20.0 Å². The van der Waals surface area contributed by atoms with Gasteiger partial charge in [-0.2, -0.15) is 5.10 Å². The maximum atomic E-state index is 11.6. The predicted octanol–water partition coefficient (Wildman–Crippen LogP) is 2.55. The highest BCUT2D eigenvalue weighted by atomic mass is 35.5. The molecule has 2 aliphatic heterocycles. The first-order valence-corrected chi connectivity index (χ1v) is 10.6. The number of methoxy groups -OCH3 is 1. The summed E-state index contributed by atoms with van der Waals surface area (Å²) in [6.07, 6.45) is 6.15. The molecule has 170 valence electrons. The van der Waals surface area contributed by atoms with Crippen molar-refractivity contribution in [1.82, 2.24) is 20.0 Å². The molecular weight excluding hydrogens is 420 g/mol. The maximum Gasteiger partial charge on any atom is 0.311 e. The molecule has 9 nitrogen and oxygen atoms in total. The number of rotatable bonds is 6. The first-order chi connectivity index (χ1) is 14.5. The molecule has 31 heavy (non-hydrogen) atoms. The van der Waals surface area contributed by atoms with E-state index in [1.807, 2.05) is 19.3 Å². The van der Waals surface area contributed by atoms with Crippen LogP contribution in [-0.4, -0.2) is 72.5 Å². The van der Waals surface area contributed by atoms with Crippen LogP contribution < -0.4 is 15.0 Å². The van der Waals surface area contributed by atoms with Crippen LogP contribution in [0.2, 0.25) is 0 Å². The summed E-state index contributed by atoms with van der Waals surface area (Å²) in [4.78, 5) is 16.0. The standard InChI is InChI=1S/C21H30N6O3.ClH/c1-24-15-17(13-23-24)18-11-20(27(28)29)21(30-2)12-19(18)26-9-7-25(8-10-26)14-16-3-5-22-6-4-16;/h11-13,15-16,22H,3-10,14H2,1-2H3;1H. The summed E-state index contributed by atoms with van der Waals surface area (Å²) in [6, 6.07) is 3.43. The Balaban J connectivity index is 0.00000272. The van der Waals surface area contributed by atoms with Gasteiger partial charge in [0.25, 0.3) is 0 Å². The van der Waals surface area contributed by atoms with Gasteiger partial charge in [-0.25, -0.2) is 0 Å². The summed E-state index contributed by atoms with van der Waals surface area (Å²) >= 11 is 0. The van der Waals surface area contributed by atoms with Gasteiger partial charge < -0.3 is 15.0 Å². The second kappa shape index (κ2) is 10.3. The van der Waals surface area contributed by atoms with Crippen LogP contribution >= 0.6 is 12.4 Å². The summed E-state index contributed by atoms with van der Waals surface area (Å²) in [5, 5.41) is 19.3. The lowest BCUT2D eigenvalue weighted by Gasteiger charge is -2.39. The van der Waals surface area contributed by atoms with Crippen LogP contribution in [0.4, 0.5) is 11.4 Å². The minimum absolute atomic E-state index is 0. The molecule has 3 heterocycles. The Morgan fingerprint density at radius 1 is 1.23 bits per heavy atom. The first kappa shape index (κ1) is 23.3. The zero-order valence-electron chi connectivity index (χ0n) is 18.1. The number of nitro benzene ring substituents is 1. The van der Waals surface area contributed by atoms with Gasteiger partial charge in [0.15, 0.2) is 5.75 Å². The fraction of sp³-hybridized carbons (Fsp3) is 0.571. The van der Waals surface area contributed by atoms with Crippen molar-refractivity contribution >= 4 is 23.8 Å². The SMILES string of the molecule is COc1cc(N2CCN(CC3CCNCC3)CC2)c(-c2cnn(C)c2)cc1[N+](=O)[O-].Cl. The lowest BCUT2D eigenvalue weighted by molar-refractivity contribution is -0.385. The maximum absolute atomic E-state index is 11.6. The number of hydrogen-bond acceptors (Lipinski definition) is 7. The molecule has 2 fully saturated rings. The number of halogens is 1. The Labute approximate surface area is 188 Å². The van der Waals surface area contributed by atoms with Crippen molar-refractivity contribution in [2.75, 3.05) is 57.8 Å². The molecule has 1 aromatic heterocycles. The smallest absolute Gasteiger partial charge is 0.311 e. The second-order valence-corrected chi connectivity index (χ2v) is 8.18. The Hall–Kier alpha value is -2.36. The molecule has 4 rings (SSSR count). The quantitative estimate of drug-likeness (QED) is 0.534. The molecule has 0 aliphatic carbocycles. The van der Waals surface area contributed by atoms with Crippen LogP contribution in [0.1, 0.15) is 12.8 Å². The minimum atomic E-state index is -0.389. The zero-order valence-corrected chi connectivity index (χ0v) is 18.9. The number of nitro groups is 1. The van der Waals surface area contributed by atoms with E-state index in [9.17, 15) is 10.1 Å². The molecule has 2 aromatic rings. The lowest BCUT2D eigenvalue weighted by Crippen LogP contribution is -2.48. The van der Waals surface area contributed by atoms with E-state index in [4.69, 9.17) is 4.74 Å². The molecule has 0 bridgehead atoms. The van der Waals surface area contributed by atoms with Crippen LogP contribution in [0, 0.1) is 16.0 Å². The fourth-order valence-corrected chi connectivity index (χ4v) is 4.52. The minimum Gasteiger partial charge on any atom is -0.490 e. The van der Waals surface area contributed by atoms with E-state index < -0.39 is 0 Å². The molecule has 1 N–H and O–H groups in total. The van der Waals surface area contributed by atoms with E-state index in [1.54, 1.807) is 16.9 Å². The summed E-state index contributed by atoms with van der Waals surface area (Å²) < 4.78 is 7.06. The fourth-order valence-electron chi connectivity index (χ4n) is 4.52. The van der Waals surface area contributed by atoms with E-state index in [2.05, 4.69) is 20.2 Å². The average molecular weight is 451 g/mol. The number of anilines is 1. The van der Waals surface area contributed by atoms with Crippen LogP contribution in [0.5, 0.6) is 5.75 Å². The van der Waals surface area contributed by atoms with Crippen LogP contribution in [0.25, 0.3) is 11.1 Å². The van der Waals surface area contributed by atoms with Crippen molar-refractivity contribution in [2.24, 2.45) is 13.0 Å². The van der Waals surface area contributed by atoms with Gasteiger partial charge >= 0.3 is 5.69 Å². The molecular formula is C21H31ClN6O3. The van der Waals surface area contributed by atoms with Crippen LogP contribution in [0.15, 0.2) is 24.5 Å². The number of aromatic nitrogens is 2. The zero-order chi connectivity index (χ0) is 21.1. The Morgan fingerprint density at radius 2 is 1.94 bits per heavy atom. The molecule has 0 radical (unpaired) electrons. The van der Waals surface area contributed by atoms with Gasteiger partial charge in [-0.1, -0.05) is 0 Å². The molecule has 10 heteroatoms. The number of piperidine rings is 1. The molecule has 2 aliphatic rings. The number of benzene rings is 1. The first-order valence-electron chi connectivity index (χ1n) is 10.6. The number of aryl methyl sites for hydroxylation is 1. The van der Waals surface area contributed by atoms with Gasteiger partial charge in [0, 0.05) is 74.9 Å². The third kappa shape index (κ3) is 5.28. The molecule has 2 saturated heterocycles. The number of hydrogen-bond donors (Lipinski definition) is 1. The van der Waals surface area contributed by atoms with Crippen molar-refractivity contribution in [3.63, 3.8) is 0 Å². The van der Waals surface area contributed by atoms with Crippen molar-refractivity contribution in [2.45, 2.75) is 12.8 Å². The second-order valence-electron chi connectivity index (χ2n) is 8.18. The van der Waals surface area contributed by atoms with Crippen LogP contribution in [-0.2, 0) is 7.05 Å². The number of piperazine rings is 1. The average Bonchev–Trinajstić information content (AvgIpc) is 3.20. The number of nitrogens with zero attached hydrogens (tertiary/aromatic N) is 5. The monoisotopic (exact) mass is 450 g/mol. The van der Waals surface area contributed by atoms with Gasteiger partial charge in [0.05, 0.1) is 18.2 Å². The van der Waals surface area contributed by atoms with Crippen molar-refractivity contribution in [3.8, 4) is 16.9 Å². The highest BCUT2D eigenvalue weighted by Gasteiger charge is 2.26. The van der Waals surface area contributed by atoms with Gasteiger partial charge in [-0.3, -0.25) is 19.7 Å². The summed E-state index contributed by atoms with van der Waals surface area (Å²) in [6.45, 7) is 7.18. The molecule has 0 spiro atoms. The Kier molecular flexibility index (Phi) is 7.74. The lowest BCUT2D eigenvalue weighted by atomic mass is 9.97.